The van der Waals surface area contributed by atoms with E-state index in [0.29, 0.717) is 17.3 Å². The summed E-state index contributed by atoms with van der Waals surface area (Å²) in [6.45, 7) is 0. The predicted molar refractivity (Wildman–Crippen MR) is 67.6 cm³/mol. The molecule has 4 heteroatoms. The lowest BCUT2D eigenvalue weighted by molar-refractivity contribution is -0.142. The fraction of sp³-hybridized carbons (Fsp3) is 0.462. The maximum atomic E-state index is 10.9. The molecule has 4 nitrogen and oxygen atoms in total. The fourth-order valence-electron chi connectivity index (χ4n) is 2.61. The average Bonchev–Trinajstić information content (AvgIpc) is 2.28. The Kier molecular flexibility index (Phi) is 3.22. The Balaban J connectivity index is 2.07. The molecule has 0 aromatic heterocycles. The molecule has 1 fully saturated rings. The molecular formula is C13H18N2O2. The van der Waals surface area contributed by atoms with Crippen molar-refractivity contribution >= 4 is 17.3 Å². The van der Waals surface area contributed by atoms with Crippen molar-refractivity contribution in [2.24, 2.45) is 5.92 Å². The number of nitrogens with two attached hydrogens (primary N) is 2. The van der Waals surface area contributed by atoms with Crippen molar-refractivity contribution in [1.29, 1.82) is 0 Å². The molecular weight excluding hydrogens is 216 g/mol. The third kappa shape index (κ3) is 2.70. The summed E-state index contributed by atoms with van der Waals surface area (Å²) in [6.07, 6.45) is 3.29. The van der Waals surface area contributed by atoms with E-state index >= 15 is 0 Å². The van der Waals surface area contributed by atoms with Crippen LogP contribution < -0.4 is 11.5 Å². The molecule has 1 aliphatic rings. The third-order valence-electron chi connectivity index (χ3n) is 3.55. The number of nitrogen functional groups attached to an aromatic ring is 2. The molecule has 0 heterocycles. The van der Waals surface area contributed by atoms with Crippen LogP contribution in [0.5, 0.6) is 0 Å². The summed E-state index contributed by atoms with van der Waals surface area (Å²) in [5.74, 6) is -0.448. The SMILES string of the molecule is Nc1cc(N)cc(C2CCC(C(=O)O)CC2)c1. The molecule has 0 saturated heterocycles. The van der Waals surface area contributed by atoms with Crippen LogP contribution >= 0.6 is 0 Å². The highest BCUT2D eigenvalue weighted by molar-refractivity contribution is 5.70. The average molecular weight is 234 g/mol. The second kappa shape index (κ2) is 4.65. The molecule has 1 aromatic carbocycles. The largest absolute Gasteiger partial charge is 0.481 e. The Morgan fingerprint density at radius 3 is 2.06 bits per heavy atom. The van der Waals surface area contributed by atoms with Gasteiger partial charge < -0.3 is 16.6 Å². The van der Waals surface area contributed by atoms with Gasteiger partial charge in [0.2, 0.25) is 0 Å². The van der Waals surface area contributed by atoms with Crippen LogP contribution in [0.1, 0.15) is 37.2 Å². The van der Waals surface area contributed by atoms with E-state index in [1.807, 2.05) is 12.1 Å². The van der Waals surface area contributed by atoms with E-state index in [0.717, 1.165) is 31.2 Å². The second-order valence-corrected chi connectivity index (χ2v) is 4.82. The number of benzene rings is 1. The lowest BCUT2D eigenvalue weighted by Crippen LogP contribution is -2.20. The zero-order chi connectivity index (χ0) is 12.4. The molecule has 1 aromatic rings. The normalized spacial score (nSPS) is 24.5. The van der Waals surface area contributed by atoms with Crippen LogP contribution in [-0.4, -0.2) is 11.1 Å². The first kappa shape index (κ1) is 11.8. The van der Waals surface area contributed by atoms with E-state index in [2.05, 4.69) is 0 Å². The smallest absolute Gasteiger partial charge is 0.306 e. The minimum atomic E-state index is -0.671. The van der Waals surface area contributed by atoms with Crippen molar-refractivity contribution in [2.75, 3.05) is 11.5 Å². The van der Waals surface area contributed by atoms with Gasteiger partial charge in [0.05, 0.1) is 5.92 Å². The van der Waals surface area contributed by atoms with Gasteiger partial charge in [0.15, 0.2) is 0 Å². The van der Waals surface area contributed by atoms with E-state index in [-0.39, 0.29) is 5.92 Å². The maximum Gasteiger partial charge on any atom is 0.306 e. The lowest BCUT2D eigenvalue weighted by atomic mass is 9.78. The molecule has 92 valence electrons. The maximum absolute atomic E-state index is 10.9. The number of carbonyl (C=O) groups is 1. The summed E-state index contributed by atoms with van der Waals surface area (Å²) in [6, 6.07) is 5.64. The summed E-state index contributed by atoms with van der Waals surface area (Å²) >= 11 is 0. The Labute approximate surface area is 101 Å². The van der Waals surface area contributed by atoms with Crippen molar-refractivity contribution in [3.8, 4) is 0 Å². The van der Waals surface area contributed by atoms with Crippen LogP contribution in [0.4, 0.5) is 11.4 Å². The summed E-state index contributed by atoms with van der Waals surface area (Å²) in [4.78, 5) is 10.9. The molecule has 0 aliphatic heterocycles. The van der Waals surface area contributed by atoms with Crippen LogP contribution in [0.25, 0.3) is 0 Å². The number of hydrogen-bond acceptors (Lipinski definition) is 3. The standard InChI is InChI=1S/C13H18N2O2/c14-11-5-10(6-12(15)7-11)8-1-3-9(4-2-8)13(16)17/h5-9H,1-4,14-15H2,(H,16,17). The van der Waals surface area contributed by atoms with Gasteiger partial charge in [0, 0.05) is 11.4 Å². The van der Waals surface area contributed by atoms with E-state index in [4.69, 9.17) is 16.6 Å². The molecule has 1 saturated carbocycles. The van der Waals surface area contributed by atoms with Gasteiger partial charge in [-0.2, -0.15) is 0 Å². The van der Waals surface area contributed by atoms with E-state index in [1.54, 1.807) is 6.07 Å². The van der Waals surface area contributed by atoms with Gasteiger partial charge in [-0.3, -0.25) is 4.79 Å². The fourth-order valence-corrected chi connectivity index (χ4v) is 2.61. The van der Waals surface area contributed by atoms with Crippen molar-refractivity contribution in [1.82, 2.24) is 0 Å². The molecule has 0 amide bonds. The van der Waals surface area contributed by atoms with Crippen LogP contribution in [0.2, 0.25) is 0 Å². The molecule has 5 N–H and O–H groups in total. The third-order valence-corrected chi connectivity index (χ3v) is 3.55. The number of rotatable bonds is 2. The molecule has 0 bridgehead atoms. The number of aliphatic carboxylic acids is 1. The monoisotopic (exact) mass is 234 g/mol. The van der Waals surface area contributed by atoms with E-state index in [9.17, 15) is 4.79 Å². The highest BCUT2D eigenvalue weighted by atomic mass is 16.4. The molecule has 0 atom stereocenters. The van der Waals surface area contributed by atoms with Gasteiger partial charge in [-0.25, -0.2) is 0 Å². The summed E-state index contributed by atoms with van der Waals surface area (Å²) in [7, 11) is 0. The molecule has 17 heavy (non-hydrogen) atoms. The molecule has 0 radical (unpaired) electrons. The summed E-state index contributed by atoms with van der Waals surface area (Å²) in [5, 5.41) is 8.94. The lowest BCUT2D eigenvalue weighted by Gasteiger charge is -2.26. The predicted octanol–water partition coefficient (Wildman–Crippen LogP) is 2.21. The molecule has 1 aliphatic carbocycles. The van der Waals surface area contributed by atoms with Crippen molar-refractivity contribution < 1.29 is 9.90 Å². The van der Waals surface area contributed by atoms with Crippen LogP contribution in [0.3, 0.4) is 0 Å². The Morgan fingerprint density at radius 2 is 1.59 bits per heavy atom. The van der Waals surface area contributed by atoms with Gasteiger partial charge in [-0.15, -0.1) is 0 Å². The first-order chi connectivity index (χ1) is 8.06. The summed E-state index contributed by atoms with van der Waals surface area (Å²) < 4.78 is 0. The first-order valence-electron chi connectivity index (χ1n) is 5.95. The van der Waals surface area contributed by atoms with Crippen LogP contribution in [0, 0.1) is 5.92 Å². The minimum absolute atomic E-state index is 0.176. The molecule has 2 rings (SSSR count). The topological polar surface area (TPSA) is 89.3 Å². The first-order valence-corrected chi connectivity index (χ1v) is 5.95. The quantitative estimate of drug-likeness (QED) is 0.684. The Hall–Kier alpha value is -1.71. The van der Waals surface area contributed by atoms with Gasteiger partial charge in [-0.1, -0.05) is 0 Å². The minimum Gasteiger partial charge on any atom is -0.481 e. The number of hydrogen-bond donors (Lipinski definition) is 3. The Morgan fingerprint density at radius 1 is 1.06 bits per heavy atom. The highest BCUT2D eigenvalue weighted by Gasteiger charge is 2.26. The van der Waals surface area contributed by atoms with Gasteiger partial charge in [-0.05, 0) is 55.4 Å². The number of carboxylic acids is 1. The zero-order valence-corrected chi connectivity index (χ0v) is 9.73. The van der Waals surface area contributed by atoms with Crippen molar-refractivity contribution in [3.05, 3.63) is 23.8 Å². The van der Waals surface area contributed by atoms with E-state index in [1.165, 1.54) is 0 Å². The van der Waals surface area contributed by atoms with Crippen molar-refractivity contribution in [2.45, 2.75) is 31.6 Å². The molecule has 0 unspecified atom stereocenters. The van der Waals surface area contributed by atoms with Crippen LogP contribution in [-0.2, 0) is 4.79 Å². The van der Waals surface area contributed by atoms with E-state index < -0.39 is 5.97 Å². The van der Waals surface area contributed by atoms with Crippen molar-refractivity contribution in [3.63, 3.8) is 0 Å². The van der Waals surface area contributed by atoms with Gasteiger partial charge in [0.1, 0.15) is 0 Å². The summed E-state index contributed by atoms with van der Waals surface area (Å²) in [5.41, 5.74) is 14.0. The zero-order valence-electron chi connectivity index (χ0n) is 9.73. The second-order valence-electron chi connectivity index (χ2n) is 4.82. The highest BCUT2D eigenvalue weighted by Crippen LogP contribution is 2.37. The molecule has 0 spiro atoms. The number of carboxylic acid groups (broad SMARTS) is 1. The van der Waals surface area contributed by atoms with Gasteiger partial charge >= 0.3 is 5.97 Å². The van der Waals surface area contributed by atoms with Crippen LogP contribution in [0.15, 0.2) is 18.2 Å². The van der Waals surface area contributed by atoms with Gasteiger partial charge in [0.25, 0.3) is 0 Å². The number of anilines is 2. The Bertz CT molecular complexity index is 403.